The Kier molecular flexibility index (Phi) is 7.30. The highest BCUT2D eigenvalue weighted by molar-refractivity contribution is 8.00. The number of methoxy groups -OCH3 is 1. The first-order chi connectivity index (χ1) is 14.0. The largest absolute Gasteiger partial charge is 0.469 e. The fraction of sp³-hybridized carbons (Fsp3) is 0.524. The molecule has 7 nitrogen and oxygen atoms in total. The van der Waals surface area contributed by atoms with Crippen LogP contribution in [-0.2, 0) is 20.9 Å². The lowest BCUT2D eigenvalue weighted by Crippen LogP contribution is -2.37. The molecule has 1 aromatic heterocycles. The van der Waals surface area contributed by atoms with Gasteiger partial charge in [0, 0.05) is 19.6 Å². The average molecular weight is 418 g/mol. The second-order valence-electron chi connectivity index (χ2n) is 7.19. The zero-order valence-electron chi connectivity index (χ0n) is 16.9. The van der Waals surface area contributed by atoms with Crippen LogP contribution < -0.4 is 5.56 Å². The summed E-state index contributed by atoms with van der Waals surface area (Å²) in [4.78, 5) is 44.1. The molecule has 1 unspecified atom stereocenters. The van der Waals surface area contributed by atoms with Crippen molar-refractivity contribution in [2.45, 2.75) is 56.0 Å². The van der Waals surface area contributed by atoms with Crippen LogP contribution in [0.3, 0.4) is 0 Å². The van der Waals surface area contributed by atoms with Crippen molar-refractivity contribution in [1.29, 1.82) is 0 Å². The van der Waals surface area contributed by atoms with Crippen LogP contribution in [0.1, 0.15) is 39.0 Å². The number of likely N-dealkylation sites (tertiary alicyclic amines) is 1. The minimum Gasteiger partial charge on any atom is -0.469 e. The van der Waals surface area contributed by atoms with Crippen molar-refractivity contribution < 1.29 is 14.3 Å². The molecular weight excluding hydrogens is 390 g/mol. The Morgan fingerprint density at radius 2 is 1.86 bits per heavy atom. The first kappa shape index (κ1) is 21.4. The minimum absolute atomic E-state index is 0.0679. The second-order valence-corrected chi connectivity index (χ2v) is 8.50. The zero-order valence-corrected chi connectivity index (χ0v) is 17.7. The number of benzene rings is 1. The van der Waals surface area contributed by atoms with Crippen LogP contribution >= 0.6 is 11.8 Å². The van der Waals surface area contributed by atoms with E-state index in [4.69, 9.17) is 4.74 Å². The zero-order chi connectivity index (χ0) is 20.8. The van der Waals surface area contributed by atoms with Crippen LogP contribution in [0.25, 0.3) is 10.9 Å². The number of fused-ring (bicyclic) bond motifs is 1. The maximum absolute atomic E-state index is 13.0. The Labute approximate surface area is 174 Å². The number of hydrogen-bond acceptors (Lipinski definition) is 6. The molecule has 2 aromatic rings. The van der Waals surface area contributed by atoms with Crippen LogP contribution in [0.5, 0.6) is 0 Å². The minimum atomic E-state index is -0.394. The number of nitrogens with zero attached hydrogens (tertiary/aromatic N) is 3. The first-order valence-corrected chi connectivity index (χ1v) is 10.9. The van der Waals surface area contributed by atoms with E-state index >= 15 is 0 Å². The summed E-state index contributed by atoms with van der Waals surface area (Å²) in [7, 11) is 1.32. The Bertz CT molecular complexity index is 935. The van der Waals surface area contributed by atoms with Gasteiger partial charge in [-0.2, -0.15) is 0 Å². The Morgan fingerprint density at radius 1 is 1.17 bits per heavy atom. The molecule has 0 saturated carbocycles. The monoisotopic (exact) mass is 417 g/mol. The van der Waals surface area contributed by atoms with Gasteiger partial charge in [0.25, 0.3) is 5.56 Å². The van der Waals surface area contributed by atoms with Gasteiger partial charge in [-0.15, -0.1) is 0 Å². The standard InChI is InChI=1S/C21H27N3O4S/c1-15(19(26)23-12-7-3-4-8-13-23)29-21-22-17-10-6-5-9-16(17)20(27)24(21)14-11-18(25)28-2/h5-6,9-10,15H,3-4,7-8,11-14H2,1-2H3. The van der Waals surface area contributed by atoms with Gasteiger partial charge in [0.1, 0.15) is 0 Å². The maximum atomic E-state index is 13.0. The Balaban J connectivity index is 1.88. The van der Waals surface area contributed by atoms with Gasteiger partial charge in [-0.05, 0) is 31.9 Å². The summed E-state index contributed by atoms with van der Waals surface area (Å²) in [5, 5.41) is 0.576. The van der Waals surface area contributed by atoms with E-state index in [1.54, 1.807) is 18.2 Å². The molecule has 0 spiro atoms. The summed E-state index contributed by atoms with van der Waals surface area (Å²) in [5.41, 5.74) is 0.375. The molecule has 0 N–H and O–H groups in total. The maximum Gasteiger partial charge on any atom is 0.307 e. The molecule has 0 aliphatic carbocycles. The van der Waals surface area contributed by atoms with Crippen molar-refractivity contribution in [3.63, 3.8) is 0 Å². The molecule has 1 amide bonds. The molecule has 2 heterocycles. The molecular formula is C21H27N3O4S. The third-order valence-corrected chi connectivity index (χ3v) is 6.22. The van der Waals surface area contributed by atoms with Crippen LogP contribution in [0.15, 0.2) is 34.2 Å². The molecule has 156 valence electrons. The average Bonchev–Trinajstić information content (AvgIpc) is 3.02. The summed E-state index contributed by atoms with van der Waals surface area (Å²) < 4.78 is 6.19. The van der Waals surface area contributed by atoms with E-state index in [0.717, 1.165) is 38.8 Å². The van der Waals surface area contributed by atoms with Gasteiger partial charge in [-0.3, -0.25) is 19.0 Å². The van der Waals surface area contributed by atoms with Gasteiger partial charge in [-0.25, -0.2) is 4.98 Å². The van der Waals surface area contributed by atoms with E-state index in [2.05, 4.69) is 4.98 Å². The molecule has 8 heteroatoms. The predicted molar refractivity (Wildman–Crippen MR) is 113 cm³/mol. The van der Waals surface area contributed by atoms with Crippen LogP contribution in [0, 0.1) is 0 Å². The smallest absolute Gasteiger partial charge is 0.307 e. The highest BCUT2D eigenvalue weighted by atomic mass is 32.2. The summed E-state index contributed by atoms with van der Waals surface area (Å²) in [6.07, 6.45) is 4.44. The number of carbonyl (C=O) groups excluding carboxylic acids is 2. The summed E-state index contributed by atoms with van der Waals surface area (Å²) in [6.45, 7) is 3.58. The molecule has 29 heavy (non-hydrogen) atoms. The SMILES string of the molecule is COC(=O)CCn1c(SC(C)C(=O)N2CCCCCC2)nc2ccccc2c1=O. The van der Waals surface area contributed by atoms with Crippen molar-refractivity contribution in [2.24, 2.45) is 0 Å². The molecule has 1 fully saturated rings. The van der Waals surface area contributed by atoms with Crippen molar-refractivity contribution in [1.82, 2.24) is 14.5 Å². The Morgan fingerprint density at radius 3 is 2.55 bits per heavy atom. The fourth-order valence-electron chi connectivity index (χ4n) is 3.50. The van der Waals surface area contributed by atoms with Gasteiger partial charge in [0.2, 0.25) is 5.91 Å². The highest BCUT2D eigenvalue weighted by Crippen LogP contribution is 2.25. The molecule has 1 aliphatic rings. The van der Waals surface area contributed by atoms with E-state index in [1.807, 2.05) is 17.9 Å². The van der Waals surface area contributed by atoms with Crippen LogP contribution in [0.4, 0.5) is 0 Å². The number of carbonyl (C=O) groups is 2. The number of esters is 1. The van der Waals surface area contributed by atoms with Crippen LogP contribution in [-0.4, -0.2) is 51.8 Å². The molecule has 1 aliphatic heterocycles. The van der Waals surface area contributed by atoms with E-state index in [0.29, 0.717) is 16.1 Å². The molecule has 3 rings (SSSR count). The summed E-state index contributed by atoms with van der Waals surface area (Å²) in [5.74, 6) is -0.325. The second kappa shape index (κ2) is 9.91. The lowest BCUT2D eigenvalue weighted by Gasteiger charge is -2.24. The molecule has 1 atom stereocenters. The number of amides is 1. The van der Waals surface area contributed by atoms with Crippen molar-refractivity contribution in [3.05, 3.63) is 34.6 Å². The molecule has 1 saturated heterocycles. The lowest BCUT2D eigenvalue weighted by atomic mass is 10.2. The van der Waals surface area contributed by atoms with Crippen molar-refractivity contribution >= 4 is 34.5 Å². The third kappa shape index (κ3) is 5.18. The quantitative estimate of drug-likeness (QED) is 0.408. The van der Waals surface area contributed by atoms with Gasteiger partial charge >= 0.3 is 5.97 Å². The van der Waals surface area contributed by atoms with E-state index in [1.165, 1.54) is 23.4 Å². The van der Waals surface area contributed by atoms with Crippen molar-refractivity contribution in [3.8, 4) is 0 Å². The Hall–Kier alpha value is -2.35. The molecule has 1 aromatic carbocycles. The predicted octanol–water partition coefficient (Wildman–Crippen LogP) is 2.84. The number of rotatable bonds is 6. The molecule has 0 bridgehead atoms. The lowest BCUT2D eigenvalue weighted by molar-refractivity contribution is -0.141. The number of ether oxygens (including phenoxy) is 1. The van der Waals surface area contributed by atoms with Gasteiger partial charge in [0.05, 0.1) is 29.7 Å². The number of para-hydroxylation sites is 1. The third-order valence-electron chi connectivity index (χ3n) is 5.14. The van der Waals surface area contributed by atoms with Gasteiger partial charge in [0.15, 0.2) is 5.16 Å². The van der Waals surface area contributed by atoms with Crippen LogP contribution in [0.2, 0.25) is 0 Å². The van der Waals surface area contributed by atoms with E-state index in [-0.39, 0.29) is 29.7 Å². The number of aromatic nitrogens is 2. The highest BCUT2D eigenvalue weighted by Gasteiger charge is 2.24. The fourth-order valence-corrected chi connectivity index (χ4v) is 4.52. The normalized spacial score (nSPS) is 15.7. The van der Waals surface area contributed by atoms with Crippen molar-refractivity contribution in [2.75, 3.05) is 20.2 Å². The van der Waals surface area contributed by atoms with Gasteiger partial charge < -0.3 is 9.64 Å². The van der Waals surface area contributed by atoms with Gasteiger partial charge in [-0.1, -0.05) is 36.7 Å². The molecule has 0 radical (unpaired) electrons. The topological polar surface area (TPSA) is 81.5 Å². The first-order valence-electron chi connectivity index (χ1n) is 10.0. The van der Waals surface area contributed by atoms with E-state index < -0.39 is 5.97 Å². The van der Waals surface area contributed by atoms with E-state index in [9.17, 15) is 14.4 Å². The summed E-state index contributed by atoms with van der Waals surface area (Å²) in [6, 6.07) is 7.12. The number of thioether (sulfide) groups is 1. The summed E-state index contributed by atoms with van der Waals surface area (Å²) >= 11 is 1.28. The number of hydrogen-bond donors (Lipinski definition) is 0.